The molecule has 0 amide bonds. The van der Waals surface area contributed by atoms with E-state index in [-0.39, 0.29) is 5.54 Å². The van der Waals surface area contributed by atoms with E-state index in [1.165, 1.54) is 0 Å². The molecule has 0 aromatic heterocycles. The smallest absolute Gasteiger partial charge is 0.459 e. The van der Waals surface area contributed by atoms with Gasteiger partial charge in [-0.3, -0.25) is 0 Å². The molecule has 0 aliphatic carbocycles. The highest BCUT2D eigenvalue weighted by atomic mass is 28.4. The van der Waals surface area contributed by atoms with Gasteiger partial charge in [0.25, 0.3) is 0 Å². The number of hydrogen-bond donors (Lipinski definition) is 0. The average molecular weight is 547 g/mol. The molecule has 9 nitrogen and oxygen atoms in total. The first-order valence-corrected chi connectivity index (χ1v) is 14.8. The zero-order valence-electron chi connectivity index (χ0n) is 25.2. The molecule has 1 rings (SSSR count). The summed E-state index contributed by atoms with van der Waals surface area (Å²) in [6.45, 7) is 20.2. The normalized spacial score (nSPS) is 14.0. The first-order valence-electron chi connectivity index (χ1n) is 13.0. The van der Waals surface area contributed by atoms with Crippen molar-refractivity contribution in [2.75, 3.05) is 41.2 Å². The Hall–Kier alpha value is -1.40. The van der Waals surface area contributed by atoms with Gasteiger partial charge in [-0.2, -0.15) is 0 Å². The van der Waals surface area contributed by atoms with Crippen LogP contribution in [0.4, 0.5) is 0 Å². The van der Waals surface area contributed by atoms with Crippen molar-refractivity contribution in [2.24, 2.45) is 0 Å². The monoisotopic (exact) mass is 546 g/mol. The summed E-state index contributed by atoms with van der Waals surface area (Å²) in [5.41, 5.74) is 0.675. The lowest BCUT2D eigenvalue weighted by Crippen LogP contribution is -2.52. The third-order valence-corrected chi connectivity index (χ3v) is 9.52. The molecule has 0 radical (unpaired) electrons. The predicted octanol–water partition coefficient (Wildman–Crippen LogP) is 6.05. The van der Waals surface area contributed by atoms with Gasteiger partial charge in [0, 0.05) is 82.7 Å². The van der Waals surface area contributed by atoms with Crippen LogP contribution in [0.15, 0.2) is 12.1 Å². The van der Waals surface area contributed by atoms with Crippen molar-refractivity contribution < 1.29 is 41.7 Å². The minimum Gasteiger partial charge on any atom is -0.459 e. The van der Waals surface area contributed by atoms with E-state index in [1.54, 1.807) is 21.3 Å². The van der Waals surface area contributed by atoms with Crippen molar-refractivity contribution >= 4 is 8.80 Å². The van der Waals surface area contributed by atoms with Gasteiger partial charge in [0.15, 0.2) is 11.5 Å². The highest BCUT2D eigenvalue weighted by Crippen LogP contribution is 2.47. The van der Waals surface area contributed by atoms with Crippen molar-refractivity contribution in [3.8, 4) is 17.2 Å². The van der Waals surface area contributed by atoms with Crippen LogP contribution in [0.25, 0.3) is 0 Å². The molecule has 0 fully saturated rings. The summed E-state index contributed by atoms with van der Waals surface area (Å²) in [6.07, 6.45) is 0.705. The molecule has 0 N–H and O–H groups in total. The maximum atomic E-state index is 6.36. The van der Waals surface area contributed by atoms with Gasteiger partial charge >= 0.3 is 8.80 Å². The molecule has 1 aromatic carbocycles. The fourth-order valence-corrected chi connectivity index (χ4v) is 6.81. The van der Waals surface area contributed by atoms with Crippen LogP contribution in [-0.4, -0.2) is 67.3 Å². The summed E-state index contributed by atoms with van der Waals surface area (Å²) in [5, 5.41) is 0. The van der Waals surface area contributed by atoms with Gasteiger partial charge in [-0.15, -0.1) is 0 Å². The highest BCUT2D eigenvalue weighted by Gasteiger charge is 2.50. The number of hydrogen-bond acceptors (Lipinski definition) is 9. The average Bonchev–Trinajstić information content (AvgIpc) is 2.82. The zero-order chi connectivity index (χ0) is 28.5. The standard InChI is InChI=1S/C27H50O9Si/c1-14-23(37(31-15-2,32-16-3)33-17-4)20-18-21(34-25(5,6)28-11)24(36-27(9,10)30-13)22(19-20)35-26(7,8)29-12/h18-19,23H,14-17H2,1-13H3. The third kappa shape index (κ3) is 9.38. The molecule has 0 saturated heterocycles. The zero-order valence-corrected chi connectivity index (χ0v) is 26.2. The minimum absolute atomic E-state index is 0.196. The minimum atomic E-state index is -3.16. The van der Waals surface area contributed by atoms with Gasteiger partial charge in [0.05, 0.1) is 5.54 Å². The van der Waals surface area contributed by atoms with Gasteiger partial charge in [-0.05, 0) is 44.9 Å². The molecule has 0 aliphatic heterocycles. The topological polar surface area (TPSA) is 83.1 Å². The van der Waals surface area contributed by atoms with Crippen LogP contribution >= 0.6 is 0 Å². The Kier molecular flexibility index (Phi) is 12.8. The van der Waals surface area contributed by atoms with E-state index in [0.29, 0.717) is 43.5 Å². The van der Waals surface area contributed by atoms with Gasteiger partial charge < -0.3 is 41.7 Å². The van der Waals surface area contributed by atoms with Crippen LogP contribution in [0.5, 0.6) is 17.2 Å². The molecule has 0 heterocycles. The first-order chi connectivity index (χ1) is 17.2. The van der Waals surface area contributed by atoms with Crippen LogP contribution in [0, 0.1) is 0 Å². The van der Waals surface area contributed by atoms with E-state index >= 15 is 0 Å². The summed E-state index contributed by atoms with van der Waals surface area (Å²) in [5.74, 6) is -1.70. The Balaban J connectivity index is 4.00. The predicted molar refractivity (Wildman–Crippen MR) is 145 cm³/mol. The molecule has 10 heteroatoms. The molecule has 1 atom stereocenters. The molecule has 0 aliphatic rings. The molecule has 37 heavy (non-hydrogen) atoms. The molecule has 0 bridgehead atoms. The largest absolute Gasteiger partial charge is 0.508 e. The van der Waals surface area contributed by atoms with Crippen LogP contribution in [0.3, 0.4) is 0 Å². The maximum absolute atomic E-state index is 6.36. The van der Waals surface area contributed by atoms with Crippen molar-refractivity contribution in [1.82, 2.24) is 0 Å². The molecule has 0 spiro atoms. The van der Waals surface area contributed by atoms with Crippen LogP contribution < -0.4 is 14.2 Å². The summed E-state index contributed by atoms with van der Waals surface area (Å²) in [7, 11) is 1.59. The lowest BCUT2D eigenvalue weighted by atomic mass is 10.1. The van der Waals surface area contributed by atoms with Gasteiger partial charge in [-0.1, -0.05) is 6.92 Å². The Bertz CT molecular complexity index is 770. The summed E-state index contributed by atoms with van der Waals surface area (Å²) in [4.78, 5) is 0. The third-order valence-electron chi connectivity index (χ3n) is 5.85. The van der Waals surface area contributed by atoms with Crippen LogP contribution in [0.1, 0.15) is 86.8 Å². The maximum Gasteiger partial charge on any atom is 0.508 e. The van der Waals surface area contributed by atoms with Crippen molar-refractivity contribution in [3.05, 3.63) is 17.7 Å². The number of methoxy groups -OCH3 is 3. The van der Waals surface area contributed by atoms with Crippen LogP contribution in [0.2, 0.25) is 0 Å². The van der Waals surface area contributed by atoms with Gasteiger partial charge in [0.1, 0.15) is 0 Å². The molecular formula is C27H50O9Si. The van der Waals surface area contributed by atoms with E-state index in [0.717, 1.165) is 5.56 Å². The van der Waals surface area contributed by atoms with Crippen LogP contribution in [-0.2, 0) is 27.5 Å². The summed E-state index contributed by atoms with van der Waals surface area (Å²) >= 11 is 0. The number of rotatable bonds is 18. The molecule has 1 unspecified atom stereocenters. The van der Waals surface area contributed by atoms with E-state index < -0.39 is 26.2 Å². The van der Waals surface area contributed by atoms with Gasteiger partial charge in [-0.25, -0.2) is 0 Å². The Morgan fingerprint density at radius 2 is 0.973 bits per heavy atom. The molecule has 0 saturated carbocycles. The lowest BCUT2D eigenvalue weighted by molar-refractivity contribution is -0.157. The second kappa shape index (κ2) is 14.1. The first kappa shape index (κ1) is 33.6. The van der Waals surface area contributed by atoms with Crippen molar-refractivity contribution in [1.29, 1.82) is 0 Å². The Morgan fingerprint density at radius 3 is 1.27 bits per heavy atom. The fraction of sp³-hybridized carbons (Fsp3) is 0.778. The highest BCUT2D eigenvalue weighted by molar-refractivity contribution is 6.62. The molecule has 1 aromatic rings. The summed E-state index contributed by atoms with van der Waals surface area (Å²) in [6, 6.07) is 3.84. The molecule has 216 valence electrons. The number of benzene rings is 1. The van der Waals surface area contributed by atoms with E-state index in [1.807, 2.05) is 74.4 Å². The summed E-state index contributed by atoms with van der Waals surface area (Å²) < 4.78 is 54.6. The van der Waals surface area contributed by atoms with Crippen molar-refractivity contribution in [2.45, 2.75) is 98.6 Å². The second-order valence-electron chi connectivity index (χ2n) is 9.83. The van der Waals surface area contributed by atoms with E-state index in [4.69, 9.17) is 41.7 Å². The van der Waals surface area contributed by atoms with Crippen molar-refractivity contribution in [3.63, 3.8) is 0 Å². The Labute approximate surface area is 225 Å². The number of ether oxygens (including phenoxy) is 6. The molecular weight excluding hydrogens is 496 g/mol. The lowest BCUT2D eigenvalue weighted by Gasteiger charge is -2.37. The van der Waals surface area contributed by atoms with Gasteiger partial charge in [0.2, 0.25) is 23.1 Å². The van der Waals surface area contributed by atoms with E-state index in [9.17, 15) is 0 Å². The quantitative estimate of drug-likeness (QED) is 0.161. The SMILES string of the molecule is CCO[Si](OCC)(OCC)C(CC)c1cc(OC(C)(C)OC)c(OC(C)(C)OC)c(OC(C)(C)OC)c1. The second-order valence-corrected chi connectivity index (χ2v) is 12.6. The fourth-order valence-electron chi connectivity index (χ4n) is 3.67. The van der Waals surface area contributed by atoms with E-state index in [2.05, 4.69) is 6.92 Å². The Morgan fingerprint density at radius 1 is 0.622 bits per heavy atom.